The molecule has 3 amide bonds. The summed E-state index contributed by atoms with van der Waals surface area (Å²) in [7, 11) is 1.46. The number of nitrogens with zero attached hydrogens (tertiary/aromatic N) is 7. The van der Waals surface area contributed by atoms with Crippen molar-refractivity contribution in [1.82, 2.24) is 35.1 Å². The molecule has 1 aliphatic heterocycles. The molecular weight excluding hydrogens is 522 g/mol. The quantitative estimate of drug-likeness (QED) is 0.362. The van der Waals surface area contributed by atoms with Crippen LogP contribution in [0.5, 0.6) is 6.01 Å². The molecule has 1 fully saturated rings. The standard InChI is InChI=1S/C29H37N9O3/c1-5-23-27(22(21(3)16-32-23)10-12-31-26(39)18-37-13-7-6-8-14-37)36-29(40)38(25-15-20(2)9-11-30-25)17-24-33-19-34-28(35-24)41-4/h5,9,11,15-16,19H,1,6-8,10,12-14,17-18H2,2-4H3,(H,31,39)(H,36,40). The average molecular weight is 560 g/mol. The number of hydrogen-bond donors (Lipinski definition) is 2. The molecule has 0 aromatic carbocycles. The topological polar surface area (TPSA) is 138 Å². The maximum absolute atomic E-state index is 13.9. The molecule has 1 saturated heterocycles. The highest BCUT2D eigenvalue weighted by molar-refractivity contribution is 6.02. The van der Waals surface area contributed by atoms with Crippen LogP contribution in [-0.4, -0.2) is 75.0 Å². The fourth-order valence-electron chi connectivity index (χ4n) is 4.71. The third-order valence-corrected chi connectivity index (χ3v) is 6.87. The number of aromatic nitrogens is 5. The molecule has 0 saturated carbocycles. The number of nitrogens with one attached hydrogen (secondary N) is 2. The second-order valence-electron chi connectivity index (χ2n) is 9.92. The van der Waals surface area contributed by atoms with E-state index in [1.165, 1.54) is 24.8 Å². The number of urea groups is 1. The molecule has 12 heteroatoms. The lowest BCUT2D eigenvalue weighted by atomic mass is 10.0. The fraction of sp³-hybridized carbons (Fsp3) is 0.414. The summed E-state index contributed by atoms with van der Waals surface area (Å²) in [4.78, 5) is 51.4. The summed E-state index contributed by atoms with van der Waals surface area (Å²) in [6, 6.07) is 3.35. The van der Waals surface area contributed by atoms with Crippen LogP contribution in [-0.2, 0) is 17.8 Å². The van der Waals surface area contributed by atoms with Gasteiger partial charge in [-0.2, -0.15) is 9.97 Å². The Morgan fingerprint density at radius 3 is 2.68 bits per heavy atom. The molecule has 0 radical (unpaired) electrons. The number of rotatable bonds is 11. The Morgan fingerprint density at radius 1 is 1.15 bits per heavy atom. The fourth-order valence-corrected chi connectivity index (χ4v) is 4.71. The summed E-state index contributed by atoms with van der Waals surface area (Å²) in [5.41, 5.74) is 3.74. The first-order valence-electron chi connectivity index (χ1n) is 13.7. The van der Waals surface area contributed by atoms with E-state index in [2.05, 4.69) is 47.0 Å². The molecule has 0 aliphatic carbocycles. The van der Waals surface area contributed by atoms with Crippen LogP contribution in [0.1, 0.15) is 47.5 Å². The van der Waals surface area contributed by atoms with Crippen molar-refractivity contribution in [2.45, 2.75) is 46.1 Å². The van der Waals surface area contributed by atoms with E-state index >= 15 is 0 Å². The summed E-state index contributed by atoms with van der Waals surface area (Å²) >= 11 is 0. The zero-order valence-corrected chi connectivity index (χ0v) is 23.9. The SMILES string of the molecule is C=Cc1ncc(C)c(CCNC(=O)CN2CCCCC2)c1NC(=O)N(Cc1ncnc(OC)n1)c1cc(C)ccn1. The number of carbonyl (C=O) groups is 2. The van der Waals surface area contributed by atoms with Crippen molar-refractivity contribution >= 4 is 29.5 Å². The van der Waals surface area contributed by atoms with Gasteiger partial charge in [0.2, 0.25) is 5.91 Å². The van der Waals surface area contributed by atoms with E-state index in [0.717, 1.165) is 42.6 Å². The van der Waals surface area contributed by atoms with E-state index in [1.54, 1.807) is 24.5 Å². The summed E-state index contributed by atoms with van der Waals surface area (Å²) < 4.78 is 5.12. The van der Waals surface area contributed by atoms with Gasteiger partial charge in [-0.1, -0.05) is 13.0 Å². The molecule has 3 aromatic heterocycles. The zero-order valence-electron chi connectivity index (χ0n) is 23.9. The number of ether oxygens (including phenoxy) is 1. The highest BCUT2D eigenvalue weighted by atomic mass is 16.5. The smallest absolute Gasteiger partial charge is 0.328 e. The van der Waals surface area contributed by atoms with Gasteiger partial charge in [-0.05, 0) is 81.1 Å². The summed E-state index contributed by atoms with van der Waals surface area (Å²) in [5, 5.41) is 6.06. The first-order valence-corrected chi connectivity index (χ1v) is 13.7. The number of pyridine rings is 2. The van der Waals surface area contributed by atoms with E-state index in [4.69, 9.17) is 4.74 Å². The Bertz CT molecular complexity index is 1380. The van der Waals surface area contributed by atoms with E-state index in [9.17, 15) is 9.59 Å². The van der Waals surface area contributed by atoms with Gasteiger partial charge in [-0.3, -0.25) is 19.6 Å². The Balaban J connectivity index is 1.54. The molecule has 0 atom stereocenters. The number of methoxy groups -OCH3 is 1. The van der Waals surface area contributed by atoms with Gasteiger partial charge >= 0.3 is 12.0 Å². The Labute approximate surface area is 240 Å². The highest BCUT2D eigenvalue weighted by Crippen LogP contribution is 2.26. The minimum absolute atomic E-state index is 0.00221. The lowest BCUT2D eigenvalue weighted by Crippen LogP contribution is -2.40. The van der Waals surface area contributed by atoms with Crippen LogP contribution in [0.3, 0.4) is 0 Å². The van der Waals surface area contributed by atoms with Gasteiger partial charge in [0.25, 0.3) is 0 Å². The van der Waals surface area contributed by atoms with E-state index in [1.807, 2.05) is 19.9 Å². The Hall–Kier alpha value is -4.45. The molecule has 1 aliphatic rings. The molecule has 4 heterocycles. The average Bonchev–Trinajstić information content (AvgIpc) is 2.98. The molecular formula is C29H37N9O3. The number of hydrogen-bond acceptors (Lipinski definition) is 9. The maximum atomic E-state index is 13.9. The molecule has 12 nitrogen and oxygen atoms in total. The molecule has 2 N–H and O–H groups in total. The number of carbonyl (C=O) groups excluding carboxylic acids is 2. The Morgan fingerprint density at radius 2 is 1.95 bits per heavy atom. The normalized spacial score (nSPS) is 13.3. The first kappa shape index (κ1) is 29.5. The number of amides is 3. The van der Waals surface area contributed by atoms with Gasteiger partial charge in [-0.25, -0.2) is 14.8 Å². The van der Waals surface area contributed by atoms with E-state index in [-0.39, 0.29) is 18.5 Å². The van der Waals surface area contributed by atoms with Gasteiger partial charge in [-0.15, -0.1) is 0 Å². The number of anilines is 2. The van der Waals surface area contributed by atoms with Gasteiger partial charge < -0.3 is 15.4 Å². The maximum Gasteiger partial charge on any atom is 0.328 e. The van der Waals surface area contributed by atoms with Crippen LogP contribution in [0.15, 0.2) is 37.4 Å². The predicted molar refractivity (Wildman–Crippen MR) is 157 cm³/mol. The van der Waals surface area contributed by atoms with Gasteiger partial charge in [0.05, 0.1) is 31.6 Å². The van der Waals surface area contributed by atoms with Crippen LogP contribution >= 0.6 is 0 Å². The van der Waals surface area contributed by atoms with Crippen molar-refractivity contribution in [2.24, 2.45) is 0 Å². The summed E-state index contributed by atoms with van der Waals surface area (Å²) in [6.07, 6.45) is 10.3. The minimum atomic E-state index is -0.451. The second-order valence-corrected chi connectivity index (χ2v) is 9.92. The minimum Gasteiger partial charge on any atom is -0.467 e. The van der Waals surface area contributed by atoms with Gasteiger partial charge in [0, 0.05) is 18.9 Å². The molecule has 41 heavy (non-hydrogen) atoms. The van der Waals surface area contributed by atoms with Gasteiger partial charge in [0.1, 0.15) is 12.1 Å². The van der Waals surface area contributed by atoms with E-state index < -0.39 is 6.03 Å². The first-order chi connectivity index (χ1) is 19.9. The number of piperidine rings is 1. The van der Waals surface area contributed by atoms with Crippen molar-refractivity contribution in [3.63, 3.8) is 0 Å². The van der Waals surface area contributed by atoms with Crippen molar-refractivity contribution in [3.8, 4) is 6.01 Å². The van der Waals surface area contributed by atoms with Crippen molar-refractivity contribution in [2.75, 3.05) is 43.5 Å². The molecule has 216 valence electrons. The zero-order chi connectivity index (χ0) is 29.2. The van der Waals surface area contributed by atoms with E-state index in [0.29, 0.717) is 42.5 Å². The Kier molecular flexibility index (Phi) is 10.3. The highest BCUT2D eigenvalue weighted by Gasteiger charge is 2.23. The lowest BCUT2D eigenvalue weighted by molar-refractivity contribution is -0.122. The predicted octanol–water partition coefficient (Wildman–Crippen LogP) is 3.31. The molecule has 0 unspecified atom stereocenters. The molecule has 4 rings (SSSR count). The van der Waals surface area contributed by atoms with Crippen molar-refractivity contribution < 1.29 is 14.3 Å². The largest absolute Gasteiger partial charge is 0.467 e. The monoisotopic (exact) mass is 559 g/mol. The summed E-state index contributed by atoms with van der Waals surface area (Å²) in [5.74, 6) is 0.755. The number of likely N-dealkylation sites (tertiary alicyclic amines) is 1. The van der Waals surface area contributed by atoms with Crippen LogP contribution < -0.4 is 20.3 Å². The van der Waals surface area contributed by atoms with Crippen molar-refractivity contribution in [3.05, 3.63) is 65.6 Å². The molecule has 3 aromatic rings. The third-order valence-electron chi connectivity index (χ3n) is 6.87. The van der Waals surface area contributed by atoms with Crippen LogP contribution in [0.4, 0.5) is 16.3 Å². The van der Waals surface area contributed by atoms with Gasteiger partial charge in [0.15, 0.2) is 5.82 Å². The van der Waals surface area contributed by atoms with Crippen molar-refractivity contribution in [1.29, 1.82) is 0 Å². The second kappa shape index (κ2) is 14.3. The molecule has 0 spiro atoms. The van der Waals surface area contributed by atoms with Crippen LogP contribution in [0, 0.1) is 13.8 Å². The van der Waals surface area contributed by atoms with Crippen LogP contribution in [0.25, 0.3) is 6.08 Å². The van der Waals surface area contributed by atoms with Crippen LogP contribution in [0.2, 0.25) is 0 Å². The lowest BCUT2D eigenvalue weighted by Gasteiger charge is -2.25. The third kappa shape index (κ3) is 8.04. The summed E-state index contributed by atoms with van der Waals surface area (Å²) in [6.45, 7) is 10.5. The number of aryl methyl sites for hydroxylation is 2. The molecule has 0 bridgehead atoms.